The smallest absolute Gasteiger partial charge is 0.123 e. The second-order valence-electron chi connectivity index (χ2n) is 5.88. The van der Waals surface area contributed by atoms with Crippen molar-refractivity contribution in [3.05, 3.63) is 35.6 Å². The Labute approximate surface area is 116 Å². The molecule has 0 amide bonds. The van der Waals surface area contributed by atoms with Crippen molar-refractivity contribution >= 4 is 0 Å². The van der Waals surface area contributed by atoms with Crippen molar-refractivity contribution in [1.82, 2.24) is 10.2 Å². The molecule has 2 nitrogen and oxygen atoms in total. The van der Waals surface area contributed by atoms with Crippen molar-refractivity contribution < 1.29 is 4.39 Å². The molecule has 1 N–H and O–H groups in total. The van der Waals surface area contributed by atoms with E-state index in [-0.39, 0.29) is 11.4 Å². The number of halogens is 1. The maximum absolute atomic E-state index is 13.0. The Hall–Kier alpha value is -0.930. The van der Waals surface area contributed by atoms with Gasteiger partial charge in [0.1, 0.15) is 5.82 Å². The Morgan fingerprint density at radius 1 is 1.21 bits per heavy atom. The lowest BCUT2D eigenvalue weighted by atomic mass is 9.83. The number of benzene rings is 1. The second-order valence-corrected chi connectivity index (χ2v) is 5.88. The summed E-state index contributed by atoms with van der Waals surface area (Å²) in [4.78, 5) is 2.38. The highest BCUT2D eigenvalue weighted by Gasteiger charge is 2.42. The summed E-state index contributed by atoms with van der Waals surface area (Å²) in [6, 6.07) is 7.32. The number of nitrogens with zero attached hydrogens (tertiary/aromatic N) is 1. The molecule has 0 bridgehead atoms. The lowest BCUT2D eigenvalue weighted by molar-refractivity contribution is 0.108. The summed E-state index contributed by atoms with van der Waals surface area (Å²) in [7, 11) is 6.40. The van der Waals surface area contributed by atoms with E-state index >= 15 is 0 Å². The van der Waals surface area contributed by atoms with E-state index in [0.29, 0.717) is 6.04 Å². The minimum Gasteiger partial charge on any atom is -0.315 e. The SMILES string of the molecule is CNC(Cc1ccc(F)cc1)C1(N(C)C)CCCC1. The highest BCUT2D eigenvalue weighted by Crippen LogP contribution is 2.37. The molecule has 1 unspecified atom stereocenters. The van der Waals surface area contributed by atoms with Crippen LogP contribution in [0.4, 0.5) is 4.39 Å². The first-order valence-electron chi connectivity index (χ1n) is 7.17. The van der Waals surface area contributed by atoms with Gasteiger partial charge in [-0.15, -0.1) is 0 Å². The zero-order valence-electron chi connectivity index (χ0n) is 12.2. The Balaban J connectivity index is 2.16. The third kappa shape index (κ3) is 2.98. The van der Waals surface area contributed by atoms with Crippen molar-refractivity contribution in [2.24, 2.45) is 0 Å². The summed E-state index contributed by atoms with van der Waals surface area (Å²) < 4.78 is 13.0. The predicted octanol–water partition coefficient (Wildman–Crippen LogP) is 2.83. The van der Waals surface area contributed by atoms with E-state index in [1.807, 2.05) is 19.2 Å². The maximum Gasteiger partial charge on any atom is 0.123 e. The molecule has 19 heavy (non-hydrogen) atoms. The van der Waals surface area contributed by atoms with Crippen LogP contribution < -0.4 is 5.32 Å². The largest absolute Gasteiger partial charge is 0.315 e. The first-order chi connectivity index (χ1) is 9.08. The number of hydrogen-bond acceptors (Lipinski definition) is 2. The molecule has 0 radical (unpaired) electrons. The van der Waals surface area contributed by atoms with Crippen LogP contribution in [0, 0.1) is 5.82 Å². The molecule has 1 aromatic carbocycles. The molecule has 0 aliphatic heterocycles. The molecule has 3 heteroatoms. The number of nitrogens with one attached hydrogen (secondary N) is 1. The number of hydrogen-bond donors (Lipinski definition) is 1. The molecule has 0 aromatic heterocycles. The summed E-state index contributed by atoms with van der Waals surface area (Å²) in [5.74, 6) is -0.159. The van der Waals surface area contributed by atoms with Crippen LogP contribution >= 0.6 is 0 Å². The fourth-order valence-corrected chi connectivity index (χ4v) is 3.51. The zero-order valence-corrected chi connectivity index (χ0v) is 12.2. The van der Waals surface area contributed by atoms with Gasteiger partial charge in [0, 0.05) is 11.6 Å². The average molecular weight is 264 g/mol. The van der Waals surface area contributed by atoms with E-state index in [4.69, 9.17) is 0 Å². The number of likely N-dealkylation sites (N-methyl/N-ethyl adjacent to an activating group) is 2. The van der Waals surface area contributed by atoms with Crippen molar-refractivity contribution in [3.8, 4) is 0 Å². The van der Waals surface area contributed by atoms with Gasteiger partial charge in [-0.05, 0) is 58.1 Å². The maximum atomic E-state index is 13.0. The molecular formula is C16H25FN2. The third-order valence-corrected chi connectivity index (χ3v) is 4.71. The standard InChI is InChI=1S/C16H25FN2/c1-18-15(12-13-6-8-14(17)9-7-13)16(19(2)3)10-4-5-11-16/h6-9,15,18H,4-5,10-12H2,1-3H3. The summed E-state index contributed by atoms with van der Waals surface area (Å²) in [5.41, 5.74) is 1.44. The van der Waals surface area contributed by atoms with E-state index < -0.39 is 0 Å². The monoisotopic (exact) mass is 264 g/mol. The van der Waals surface area contributed by atoms with Gasteiger partial charge in [-0.2, -0.15) is 0 Å². The minimum atomic E-state index is -0.159. The Morgan fingerprint density at radius 2 is 1.79 bits per heavy atom. The van der Waals surface area contributed by atoms with E-state index in [1.54, 1.807) is 12.1 Å². The van der Waals surface area contributed by atoms with Gasteiger partial charge in [-0.3, -0.25) is 0 Å². The van der Waals surface area contributed by atoms with Gasteiger partial charge in [0.25, 0.3) is 0 Å². The first kappa shape index (κ1) is 14.5. The quantitative estimate of drug-likeness (QED) is 0.880. The van der Waals surface area contributed by atoms with E-state index in [2.05, 4.69) is 24.3 Å². The van der Waals surface area contributed by atoms with Crippen molar-refractivity contribution in [2.45, 2.75) is 43.7 Å². The summed E-state index contributed by atoms with van der Waals surface area (Å²) in [6.07, 6.45) is 6.05. The van der Waals surface area contributed by atoms with Crippen LogP contribution in [0.25, 0.3) is 0 Å². The highest BCUT2D eigenvalue weighted by atomic mass is 19.1. The molecule has 1 fully saturated rings. The lowest BCUT2D eigenvalue weighted by Crippen LogP contribution is -2.57. The second kappa shape index (κ2) is 6.02. The molecule has 1 aliphatic rings. The molecule has 2 rings (SSSR count). The van der Waals surface area contributed by atoms with E-state index in [0.717, 1.165) is 6.42 Å². The summed E-state index contributed by atoms with van der Waals surface area (Å²) >= 11 is 0. The van der Waals surface area contributed by atoms with Crippen LogP contribution in [-0.2, 0) is 6.42 Å². The van der Waals surface area contributed by atoms with Gasteiger partial charge >= 0.3 is 0 Å². The number of rotatable bonds is 5. The summed E-state index contributed by atoms with van der Waals surface area (Å²) in [5, 5.41) is 3.49. The van der Waals surface area contributed by atoms with Crippen LogP contribution in [0.5, 0.6) is 0 Å². The Morgan fingerprint density at radius 3 is 2.26 bits per heavy atom. The Bertz CT molecular complexity index is 394. The fourth-order valence-electron chi connectivity index (χ4n) is 3.51. The molecule has 0 saturated heterocycles. The minimum absolute atomic E-state index is 0.159. The van der Waals surface area contributed by atoms with Crippen LogP contribution in [0.15, 0.2) is 24.3 Å². The lowest BCUT2D eigenvalue weighted by Gasteiger charge is -2.43. The first-order valence-corrected chi connectivity index (χ1v) is 7.17. The molecule has 1 aliphatic carbocycles. The Kier molecular flexibility index (Phi) is 4.58. The van der Waals surface area contributed by atoms with Gasteiger partial charge in [0.05, 0.1) is 0 Å². The van der Waals surface area contributed by atoms with E-state index in [9.17, 15) is 4.39 Å². The van der Waals surface area contributed by atoms with Crippen molar-refractivity contribution in [3.63, 3.8) is 0 Å². The topological polar surface area (TPSA) is 15.3 Å². The van der Waals surface area contributed by atoms with Gasteiger partial charge in [0.2, 0.25) is 0 Å². The molecule has 0 spiro atoms. The molecule has 1 saturated carbocycles. The zero-order chi connectivity index (χ0) is 13.9. The van der Waals surface area contributed by atoms with Crippen LogP contribution in [0.2, 0.25) is 0 Å². The normalized spacial score (nSPS) is 19.8. The van der Waals surface area contributed by atoms with Crippen LogP contribution in [-0.4, -0.2) is 37.6 Å². The summed E-state index contributed by atoms with van der Waals surface area (Å²) in [6.45, 7) is 0. The average Bonchev–Trinajstić information content (AvgIpc) is 2.88. The highest BCUT2D eigenvalue weighted by molar-refractivity contribution is 5.19. The molecule has 106 valence electrons. The molecule has 0 heterocycles. The van der Waals surface area contributed by atoms with Gasteiger partial charge in [0.15, 0.2) is 0 Å². The fraction of sp³-hybridized carbons (Fsp3) is 0.625. The van der Waals surface area contributed by atoms with E-state index in [1.165, 1.54) is 31.2 Å². The molecule has 1 atom stereocenters. The van der Waals surface area contributed by atoms with Crippen LogP contribution in [0.1, 0.15) is 31.2 Å². The van der Waals surface area contributed by atoms with Gasteiger partial charge < -0.3 is 10.2 Å². The third-order valence-electron chi connectivity index (χ3n) is 4.71. The van der Waals surface area contributed by atoms with Crippen molar-refractivity contribution in [2.75, 3.05) is 21.1 Å². The van der Waals surface area contributed by atoms with Crippen LogP contribution in [0.3, 0.4) is 0 Å². The molecular weight excluding hydrogens is 239 g/mol. The van der Waals surface area contributed by atoms with Crippen molar-refractivity contribution in [1.29, 1.82) is 0 Å². The predicted molar refractivity (Wildman–Crippen MR) is 77.8 cm³/mol. The molecule has 1 aromatic rings. The van der Waals surface area contributed by atoms with Gasteiger partial charge in [-0.1, -0.05) is 25.0 Å². The van der Waals surface area contributed by atoms with Gasteiger partial charge in [-0.25, -0.2) is 4.39 Å².